The maximum Gasteiger partial charge on any atom is 0.243 e. The molecule has 0 radical (unpaired) electrons. The zero-order valence-electron chi connectivity index (χ0n) is 13.0. The van der Waals surface area contributed by atoms with Crippen LogP contribution >= 0.6 is 11.3 Å². The molecule has 0 spiro atoms. The summed E-state index contributed by atoms with van der Waals surface area (Å²) in [5.41, 5.74) is 1.03. The van der Waals surface area contributed by atoms with Gasteiger partial charge in [0.25, 0.3) is 0 Å². The summed E-state index contributed by atoms with van der Waals surface area (Å²) < 4.78 is 0. The summed E-state index contributed by atoms with van der Waals surface area (Å²) in [5, 5.41) is 9.02. The molecule has 2 N–H and O–H groups in total. The Morgan fingerprint density at radius 1 is 1.50 bits per heavy atom. The molecule has 1 aliphatic rings. The molecule has 112 valence electrons. The molecule has 1 unspecified atom stereocenters. The highest BCUT2D eigenvalue weighted by Crippen LogP contribution is 2.31. The molecule has 0 aliphatic carbocycles. The lowest BCUT2D eigenvalue weighted by molar-refractivity contribution is -0.121. The van der Waals surface area contributed by atoms with Crippen molar-refractivity contribution in [2.24, 2.45) is 5.41 Å². The van der Waals surface area contributed by atoms with Crippen LogP contribution in [0.25, 0.3) is 0 Å². The van der Waals surface area contributed by atoms with E-state index in [2.05, 4.69) is 50.2 Å². The molecule has 1 aliphatic heterocycles. The van der Waals surface area contributed by atoms with E-state index < -0.39 is 0 Å². The number of amides is 1. The van der Waals surface area contributed by atoms with Crippen molar-refractivity contribution >= 4 is 22.4 Å². The smallest absolute Gasteiger partial charge is 0.243 e. The van der Waals surface area contributed by atoms with E-state index in [4.69, 9.17) is 0 Å². The maximum atomic E-state index is 12.4. The number of carbonyl (C=O) groups excluding carboxylic acids is 1. The van der Waals surface area contributed by atoms with Gasteiger partial charge in [0.1, 0.15) is 0 Å². The lowest BCUT2D eigenvalue weighted by atomic mass is 9.77. The molecule has 0 aromatic carbocycles. The summed E-state index contributed by atoms with van der Waals surface area (Å²) in [6, 6.07) is -0.141. The third kappa shape index (κ3) is 3.38. The molecule has 4 nitrogen and oxygen atoms in total. The predicted octanol–water partition coefficient (Wildman–Crippen LogP) is 3.16. The van der Waals surface area contributed by atoms with Gasteiger partial charge in [-0.05, 0) is 24.8 Å². The van der Waals surface area contributed by atoms with E-state index in [1.807, 2.05) is 5.38 Å². The normalized spacial score (nSPS) is 22.6. The summed E-state index contributed by atoms with van der Waals surface area (Å²) >= 11 is 1.50. The number of carbonyl (C=O) groups is 1. The van der Waals surface area contributed by atoms with Crippen molar-refractivity contribution in [2.45, 2.75) is 58.9 Å². The Bertz CT molecular complexity index is 488. The minimum Gasteiger partial charge on any atom is -0.305 e. The van der Waals surface area contributed by atoms with Crippen molar-refractivity contribution in [1.29, 1.82) is 0 Å². The lowest BCUT2D eigenvalue weighted by Crippen LogP contribution is -2.53. The van der Waals surface area contributed by atoms with Crippen molar-refractivity contribution < 1.29 is 4.79 Å². The molecule has 20 heavy (non-hydrogen) atoms. The second kappa shape index (κ2) is 5.45. The number of hydrogen-bond acceptors (Lipinski definition) is 4. The molecule has 1 saturated heterocycles. The van der Waals surface area contributed by atoms with E-state index in [0.717, 1.165) is 25.1 Å². The Kier molecular flexibility index (Phi) is 4.21. The molecular formula is C15H25N3OS. The second-order valence-electron chi connectivity index (χ2n) is 7.26. The van der Waals surface area contributed by atoms with E-state index in [0.29, 0.717) is 5.13 Å². The molecule has 1 aromatic heterocycles. The minimum atomic E-state index is -0.141. The number of nitrogens with one attached hydrogen (secondary N) is 2. The zero-order valence-corrected chi connectivity index (χ0v) is 13.9. The number of aromatic nitrogens is 1. The van der Waals surface area contributed by atoms with Crippen LogP contribution in [-0.4, -0.2) is 23.5 Å². The van der Waals surface area contributed by atoms with Crippen LogP contribution in [0.3, 0.4) is 0 Å². The Hall–Kier alpha value is -0.940. The Morgan fingerprint density at radius 3 is 2.75 bits per heavy atom. The highest BCUT2D eigenvalue weighted by molar-refractivity contribution is 7.14. The number of hydrogen-bond donors (Lipinski definition) is 2. The standard InChI is InChI=1S/C15H25N3OS/c1-14(2,3)10-9-20-13(17-10)18-12(19)11-15(4,5)7-6-8-16-11/h9,11,16H,6-8H2,1-5H3,(H,17,18,19). The summed E-state index contributed by atoms with van der Waals surface area (Å²) in [6.07, 6.45) is 2.20. The monoisotopic (exact) mass is 295 g/mol. The number of rotatable bonds is 2. The lowest BCUT2D eigenvalue weighted by Gasteiger charge is -2.38. The van der Waals surface area contributed by atoms with Crippen molar-refractivity contribution in [3.05, 3.63) is 11.1 Å². The van der Waals surface area contributed by atoms with E-state index in [1.54, 1.807) is 0 Å². The van der Waals surface area contributed by atoms with Gasteiger partial charge >= 0.3 is 0 Å². The van der Waals surface area contributed by atoms with Gasteiger partial charge in [-0.2, -0.15) is 0 Å². The molecule has 1 atom stereocenters. The second-order valence-corrected chi connectivity index (χ2v) is 8.11. The van der Waals surface area contributed by atoms with Gasteiger partial charge < -0.3 is 10.6 Å². The van der Waals surface area contributed by atoms with Gasteiger partial charge in [0.2, 0.25) is 5.91 Å². The SMILES string of the molecule is CC(C)(C)c1csc(NC(=O)C2NCCCC2(C)C)n1. The first-order valence-electron chi connectivity index (χ1n) is 7.20. The van der Waals surface area contributed by atoms with Crippen LogP contribution in [0.2, 0.25) is 0 Å². The van der Waals surface area contributed by atoms with E-state index in [-0.39, 0.29) is 22.8 Å². The third-order valence-corrected chi connectivity index (χ3v) is 4.65. The molecule has 2 rings (SSSR count). The van der Waals surface area contributed by atoms with Gasteiger partial charge in [-0.3, -0.25) is 4.79 Å². The largest absolute Gasteiger partial charge is 0.305 e. The first-order chi connectivity index (χ1) is 9.20. The van der Waals surface area contributed by atoms with Gasteiger partial charge in [-0.25, -0.2) is 4.98 Å². The third-order valence-electron chi connectivity index (χ3n) is 3.89. The fraction of sp³-hybridized carbons (Fsp3) is 0.733. The van der Waals surface area contributed by atoms with Crippen LogP contribution < -0.4 is 10.6 Å². The molecule has 1 aromatic rings. The maximum absolute atomic E-state index is 12.4. The highest BCUT2D eigenvalue weighted by Gasteiger charge is 2.37. The number of piperidine rings is 1. The van der Waals surface area contributed by atoms with Crippen molar-refractivity contribution in [3.8, 4) is 0 Å². The summed E-state index contributed by atoms with van der Waals surface area (Å²) in [6.45, 7) is 11.6. The average molecular weight is 295 g/mol. The van der Waals surface area contributed by atoms with Crippen LogP contribution in [0, 0.1) is 5.41 Å². The predicted molar refractivity (Wildman–Crippen MR) is 84.2 cm³/mol. The van der Waals surface area contributed by atoms with E-state index in [9.17, 15) is 4.79 Å². The van der Waals surface area contributed by atoms with Crippen molar-refractivity contribution in [2.75, 3.05) is 11.9 Å². The van der Waals surface area contributed by atoms with E-state index >= 15 is 0 Å². The molecule has 1 amide bonds. The number of nitrogens with zero attached hydrogens (tertiary/aromatic N) is 1. The van der Waals surface area contributed by atoms with Gasteiger partial charge in [0.05, 0.1) is 11.7 Å². The summed E-state index contributed by atoms with van der Waals surface area (Å²) in [4.78, 5) is 17.0. The molecule has 0 saturated carbocycles. The molecular weight excluding hydrogens is 270 g/mol. The van der Waals surface area contributed by atoms with Crippen LogP contribution in [0.5, 0.6) is 0 Å². The number of anilines is 1. The van der Waals surface area contributed by atoms with Crippen LogP contribution in [0.15, 0.2) is 5.38 Å². The first kappa shape index (κ1) is 15.4. The minimum absolute atomic E-state index is 0.00749. The van der Waals surface area contributed by atoms with Gasteiger partial charge in [-0.1, -0.05) is 34.6 Å². The fourth-order valence-corrected chi connectivity index (χ4v) is 3.45. The molecule has 5 heteroatoms. The Labute approximate surface area is 125 Å². The van der Waals surface area contributed by atoms with Crippen LogP contribution in [0.4, 0.5) is 5.13 Å². The summed E-state index contributed by atoms with van der Waals surface area (Å²) in [7, 11) is 0. The highest BCUT2D eigenvalue weighted by atomic mass is 32.1. The fourth-order valence-electron chi connectivity index (χ4n) is 2.51. The summed E-state index contributed by atoms with van der Waals surface area (Å²) in [5.74, 6) is 0.0320. The van der Waals surface area contributed by atoms with E-state index in [1.165, 1.54) is 11.3 Å². The van der Waals surface area contributed by atoms with Gasteiger partial charge in [-0.15, -0.1) is 11.3 Å². The van der Waals surface area contributed by atoms with Crippen LogP contribution in [0.1, 0.15) is 53.2 Å². The average Bonchev–Trinajstić information content (AvgIpc) is 2.76. The Balaban J connectivity index is 2.06. The first-order valence-corrected chi connectivity index (χ1v) is 8.08. The number of thiazole rings is 1. The zero-order chi connectivity index (χ0) is 15.0. The molecule has 0 bridgehead atoms. The quantitative estimate of drug-likeness (QED) is 0.881. The topological polar surface area (TPSA) is 54.0 Å². The van der Waals surface area contributed by atoms with Gasteiger partial charge in [0, 0.05) is 10.8 Å². The van der Waals surface area contributed by atoms with Crippen LogP contribution in [-0.2, 0) is 10.2 Å². The van der Waals surface area contributed by atoms with Crippen molar-refractivity contribution in [3.63, 3.8) is 0 Å². The van der Waals surface area contributed by atoms with Gasteiger partial charge in [0.15, 0.2) is 5.13 Å². The molecule has 2 heterocycles. The molecule has 1 fully saturated rings. The van der Waals surface area contributed by atoms with Crippen molar-refractivity contribution in [1.82, 2.24) is 10.3 Å². The Morgan fingerprint density at radius 2 is 2.20 bits per heavy atom.